The zero-order chi connectivity index (χ0) is 17.8. The van der Waals surface area contributed by atoms with Crippen molar-refractivity contribution in [1.82, 2.24) is 4.90 Å². The molecule has 3 amide bonds. The van der Waals surface area contributed by atoms with E-state index in [1.54, 1.807) is 35.6 Å². The molecule has 1 atom stereocenters. The molecule has 1 aromatic heterocycles. The van der Waals surface area contributed by atoms with E-state index in [0.29, 0.717) is 11.4 Å². The van der Waals surface area contributed by atoms with Gasteiger partial charge in [-0.15, -0.1) is 11.3 Å². The quantitative estimate of drug-likeness (QED) is 0.849. The lowest BCUT2D eigenvalue weighted by atomic mass is 9.98. The summed E-state index contributed by atoms with van der Waals surface area (Å²) in [5, 5.41) is 7.62. The number of thiophene rings is 1. The van der Waals surface area contributed by atoms with Crippen molar-refractivity contribution in [2.75, 3.05) is 24.3 Å². The number of urea groups is 1. The van der Waals surface area contributed by atoms with Crippen LogP contribution >= 0.6 is 11.3 Å². The topological polar surface area (TPSA) is 70.7 Å². The summed E-state index contributed by atoms with van der Waals surface area (Å²) in [7, 11) is 1.31. The number of amides is 3. The molecule has 0 spiro atoms. The van der Waals surface area contributed by atoms with E-state index in [0.717, 1.165) is 19.4 Å². The number of methoxy groups -OCH3 is 1. The summed E-state index contributed by atoms with van der Waals surface area (Å²) < 4.78 is 4.55. The predicted molar refractivity (Wildman–Crippen MR) is 99.2 cm³/mol. The van der Waals surface area contributed by atoms with Crippen molar-refractivity contribution in [1.29, 1.82) is 0 Å². The number of nitrogens with zero attached hydrogens (tertiary/aromatic N) is 1. The molecular weight excluding hydrogens is 338 g/mol. The molecule has 2 aromatic rings. The van der Waals surface area contributed by atoms with Crippen LogP contribution in [0.3, 0.4) is 0 Å². The van der Waals surface area contributed by atoms with Crippen LogP contribution in [0.15, 0.2) is 35.7 Å². The first-order valence-electron chi connectivity index (χ1n) is 8.21. The second kappa shape index (κ2) is 7.57. The number of carbonyl (C=O) groups excluding carboxylic acids is 2. The van der Waals surface area contributed by atoms with Crippen LogP contribution in [-0.4, -0.2) is 30.7 Å². The Bertz CT molecular complexity index is 757. The first kappa shape index (κ1) is 17.3. The van der Waals surface area contributed by atoms with Gasteiger partial charge in [0.15, 0.2) is 0 Å². The average molecular weight is 359 g/mol. The second-order valence-corrected chi connectivity index (χ2v) is 6.79. The highest BCUT2D eigenvalue weighted by molar-refractivity contribution is 7.10. The minimum absolute atomic E-state index is 0.0997. The second-order valence-electron chi connectivity index (χ2n) is 5.79. The number of nitrogens with one attached hydrogen (secondary N) is 2. The van der Waals surface area contributed by atoms with Gasteiger partial charge in [0.2, 0.25) is 0 Å². The van der Waals surface area contributed by atoms with Crippen molar-refractivity contribution in [3.05, 3.63) is 46.2 Å². The first-order valence-corrected chi connectivity index (χ1v) is 9.09. The summed E-state index contributed by atoms with van der Waals surface area (Å²) in [5.74, 6) is 0. The fraction of sp³-hybridized carbons (Fsp3) is 0.333. The molecule has 132 valence electrons. The van der Waals surface area contributed by atoms with E-state index >= 15 is 0 Å². The van der Waals surface area contributed by atoms with Crippen LogP contribution in [-0.2, 0) is 11.2 Å². The van der Waals surface area contributed by atoms with Crippen molar-refractivity contribution in [2.45, 2.75) is 25.8 Å². The number of benzene rings is 1. The summed E-state index contributed by atoms with van der Waals surface area (Å²) in [6.45, 7) is 2.82. The summed E-state index contributed by atoms with van der Waals surface area (Å²) in [4.78, 5) is 27.2. The van der Waals surface area contributed by atoms with E-state index in [2.05, 4.69) is 33.7 Å². The first-order chi connectivity index (χ1) is 12.1. The number of fused-ring (bicyclic) bond motifs is 1. The molecule has 0 radical (unpaired) electrons. The van der Waals surface area contributed by atoms with Crippen LogP contribution in [0.25, 0.3) is 0 Å². The molecule has 0 aliphatic carbocycles. The number of hydrogen-bond donors (Lipinski definition) is 2. The standard InChI is InChI=1S/C18H21N3O3S/c1-3-15-14-9-11-25-16(14)8-10-21(15)17(22)19-12-4-6-13(7-5-12)20-18(23)24-2/h4-7,9,11,15H,3,8,10H2,1-2H3,(H,19,22)(H,20,23). The molecule has 3 rings (SSSR count). The van der Waals surface area contributed by atoms with E-state index in [1.807, 2.05) is 4.90 Å². The van der Waals surface area contributed by atoms with Crippen LogP contribution in [0.4, 0.5) is 21.0 Å². The fourth-order valence-corrected chi connectivity index (χ4v) is 4.01. The van der Waals surface area contributed by atoms with Crippen molar-refractivity contribution in [2.24, 2.45) is 0 Å². The molecule has 2 heterocycles. The molecule has 6 nitrogen and oxygen atoms in total. The van der Waals surface area contributed by atoms with Gasteiger partial charge in [-0.3, -0.25) is 5.32 Å². The molecule has 1 unspecified atom stereocenters. The minimum atomic E-state index is -0.526. The third kappa shape index (κ3) is 3.76. The third-order valence-corrected chi connectivity index (χ3v) is 5.31. The van der Waals surface area contributed by atoms with Gasteiger partial charge in [0, 0.05) is 22.8 Å². The number of carbonyl (C=O) groups is 2. The van der Waals surface area contributed by atoms with Crippen LogP contribution < -0.4 is 10.6 Å². The monoisotopic (exact) mass is 359 g/mol. The highest BCUT2D eigenvalue weighted by Crippen LogP contribution is 2.35. The Kier molecular flexibility index (Phi) is 5.23. The van der Waals surface area contributed by atoms with Gasteiger partial charge in [0.05, 0.1) is 13.2 Å². The third-order valence-electron chi connectivity index (χ3n) is 4.31. The molecule has 1 aliphatic rings. The van der Waals surface area contributed by atoms with Gasteiger partial charge in [-0.1, -0.05) is 6.92 Å². The molecule has 0 saturated carbocycles. The number of ether oxygens (including phenoxy) is 1. The Balaban J connectivity index is 1.67. The lowest BCUT2D eigenvalue weighted by Crippen LogP contribution is -2.41. The lowest BCUT2D eigenvalue weighted by Gasteiger charge is -2.35. The van der Waals surface area contributed by atoms with Gasteiger partial charge in [-0.25, -0.2) is 9.59 Å². The summed E-state index contributed by atoms with van der Waals surface area (Å²) in [6.07, 6.45) is 1.26. The smallest absolute Gasteiger partial charge is 0.411 e. The van der Waals surface area contributed by atoms with E-state index in [1.165, 1.54) is 17.6 Å². The Hall–Kier alpha value is -2.54. The summed E-state index contributed by atoms with van der Waals surface area (Å²) in [6, 6.07) is 9.09. The van der Waals surface area contributed by atoms with Gasteiger partial charge >= 0.3 is 12.1 Å². The van der Waals surface area contributed by atoms with Gasteiger partial charge < -0.3 is 15.0 Å². The van der Waals surface area contributed by atoms with Gasteiger partial charge in [-0.05, 0) is 54.1 Å². The van der Waals surface area contributed by atoms with Crippen LogP contribution in [0.1, 0.15) is 29.8 Å². The normalized spacial score (nSPS) is 16.1. The molecule has 1 aromatic carbocycles. The number of anilines is 2. The van der Waals surface area contributed by atoms with Crippen molar-refractivity contribution in [3.63, 3.8) is 0 Å². The highest BCUT2D eigenvalue weighted by atomic mass is 32.1. The molecule has 2 N–H and O–H groups in total. The molecule has 7 heteroatoms. The summed E-state index contributed by atoms with van der Waals surface area (Å²) >= 11 is 1.77. The van der Waals surface area contributed by atoms with Crippen LogP contribution in [0, 0.1) is 0 Å². The Morgan fingerprint density at radius 1 is 1.20 bits per heavy atom. The van der Waals surface area contributed by atoms with Gasteiger partial charge in [-0.2, -0.15) is 0 Å². The largest absolute Gasteiger partial charge is 0.453 e. The van der Waals surface area contributed by atoms with Gasteiger partial charge in [0.25, 0.3) is 0 Å². The molecule has 0 fully saturated rings. The van der Waals surface area contributed by atoms with E-state index in [-0.39, 0.29) is 12.1 Å². The zero-order valence-corrected chi connectivity index (χ0v) is 15.1. The maximum Gasteiger partial charge on any atom is 0.411 e. The Labute approximate surface area is 150 Å². The molecule has 0 saturated heterocycles. The lowest BCUT2D eigenvalue weighted by molar-refractivity contribution is 0.181. The van der Waals surface area contributed by atoms with Crippen LogP contribution in [0.5, 0.6) is 0 Å². The maximum absolute atomic E-state index is 12.7. The minimum Gasteiger partial charge on any atom is -0.453 e. The average Bonchev–Trinajstić information content (AvgIpc) is 3.11. The maximum atomic E-state index is 12.7. The number of hydrogen-bond acceptors (Lipinski definition) is 4. The van der Waals surface area contributed by atoms with Gasteiger partial charge in [0.1, 0.15) is 0 Å². The van der Waals surface area contributed by atoms with E-state index in [9.17, 15) is 9.59 Å². The Morgan fingerprint density at radius 2 is 1.88 bits per heavy atom. The predicted octanol–water partition coefficient (Wildman–Crippen LogP) is 4.47. The van der Waals surface area contributed by atoms with Crippen LogP contribution in [0.2, 0.25) is 0 Å². The molecule has 0 bridgehead atoms. The highest BCUT2D eigenvalue weighted by Gasteiger charge is 2.30. The number of rotatable bonds is 3. The SMILES string of the molecule is CCC1c2ccsc2CCN1C(=O)Nc1ccc(NC(=O)OC)cc1. The van der Waals surface area contributed by atoms with Crippen molar-refractivity contribution in [3.8, 4) is 0 Å². The molecular formula is C18H21N3O3S. The van der Waals surface area contributed by atoms with E-state index in [4.69, 9.17) is 0 Å². The van der Waals surface area contributed by atoms with Crippen molar-refractivity contribution >= 4 is 34.8 Å². The van der Waals surface area contributed by atoms with E-state index < -0.39 is 6.09 Å². The van der Waals surface area contributed by atoms with Crippen molar-refractivity contribution < 1.29 is 14.3 Å². The molecule has 1 aliphatic heterocycles. The molecule has 25 heavy (non-hydrogen) atoms. The Morgan fingerprint density at radius 3 is 2.52 bits per heavy atom. The summed E-state index contributed by atoms with van der Waals surface area (Å²) in [5.41, 5.74) is 2.56. The fourth-order valence-electron chi connectivity index (χ4n) is 3.08. The zero-order valence-electron chi connectivity index (χ0n) is 14.2.